The third-order valence-electron chi connectivity index (χ3n) is 2.71. The summed E-state index contributed by atoms with van der Waals surface area (Å²) in [5.74, 6) is -0.310. The van der Waals surface area contributed by atoms with Crippen LogP contribution >= 0.6 is 11.6 Å². The largest absolute Gasteiger partial charge is 0.342 e. The van der Waals surface area contributed by atoms with Gasteiger partial charge >= 0.3 is 0 Å². The van der Waals surface area contributed by atoms with Gasteiger partial charge in [-0.15, -0.1) is 0 Å². The summed E-state index contributed by atoms with van der Waals surface area (Å²) in [6, 6.07) is 11.4. The second kappa shape index (κ2) is 5.19. The van der Waals surface area contributed by atoms with Gasteiger partial charge in [0.05, 0.1) is 10.7 Å². The average molecular weight is 264 g/mol. The van der Waals surface area contributed by atoms with Gasteiger partial charge in [-0.05, 0) is 30.3 Å². The summed E-state index contributed by atoms with van der Waals surface area (Å²) < 4.78 is 13.6. The summed E-state index contributed by atoms with van der Waals surface area (Å²) in [4.78, 5) is 12.4. The number of para-hydroxylation sites is 1. The monoisotopic (exact) mass is 263 g/mol. The minimum absolute atomic E-state index is 0.310. The van der Waals surface area contributed by atoms with Crippen molar-refractivity contribution >= 4 is 29.3 Å². The zero-order chi connectivity index (χ0) is 13.1. The summed E-state index contributed by atoms with van der Waals surface area (Å²) in [6.07, 6.45) is 0.690. The van der Waals surface area contributed by atoms with Gasteiger partial charge in [0.2, 0.25) is 0 Å². The molecule has 0 atom stereocenters. The Bertz CT molecular complexity index is 586. The van der Waals surface area contributed by atoms with E-state index in [2.05, 4.69) is 0 Å². The Morgan fingerprint density at radius 3 is 2.56 bits per heavy atom. The lowest BCUT2D eigenvalue weighted by Gasteiger charge is -2.20. The highest BCUT2D eigenvalue weighted by Gasteiger charge is 2.10. The van der Waals surface area contributed by atoms with Crippen LogP contribution in [0.2, 0.25) is 5.02 Å². The predicted molar refractivity (Wildman–Crippen MR) is 71.3 cm³/mol. The fourth-order valence-corrected chi connectivity index (χ4v) is 1.90. The fourth-order valence-electron chi connectivity index (χ4n) is 1.68. The van der Waals surface area contributed by atoms with E-state index >= 15 is 0 Å². The molecule has 2 aromatic carbocycles. The van der Waals surface area contributed by atoms with Crippen molar-refractivity contribution in [1.29, 1.82) is 0 Å². The number of benzene rings is 2. The van der Waals surface area contributed by atoms with Gasteiger partial charge in [0.1, 0.15) is 5.82 Å². The van der Waals surface area contributed by atoms with E-state index in [-0.39, 0.29) is 5.82 Å². The van der Waals surface area contributed by atoms with Crippen LogP contribution in [0.25, 0.3) is 0 Å². The maximum absolute atomic E-state index is 13.6. The molecule has 0 aliphatic heterocycles. The van der Waals surface area contributed by atoms with Crippen LogP contribution in [0, 0.1) is 5.82 Å². The standard InChI is InChI=1S/C14H11ClFNO/c1-17(14-5-3-2-4-13(14)16)11-7-6-10(9-18)12(15)8-11/h2-9H,1H3. The molecule has 0 aliphatic rings. The minimum Gasteiger partial charge on any atom is -0.342 e. The molecule has 0 amide bonds. The van der Waals surface area contributed by atoms with Crippen molar-refractivity contribution in [2.45, 2.75) is 0 Å². The van der Waals surface area contributed by atoms with Crippen molar-refractivity contribution in [1.82, 2.24) is 0 Å². The Labute approximate surface area is 110 Å². The molecule has 0 aromatic heterocycles. The molecule has 0 bridgehead atoms. The molecule has 0 radical (unpaired) electrons. The SMILES string of the molecule is CN(c1ccc(C=O)c(Cl)c1)c1ccccc1F. The first-order valence-corrected chi connectivity index (χ1v) is 5.74. The van der Waals surface area contributed by atoms with Gasteiger partial charge in [0, 0.05) is 18.3 Å². The highest BCUT2D eigenvalue weighted by molar-refractivity contribution is 6.33. The van der Waals surface area contributed by atoms with Gasteiger partial charge in [0.25, 0.3) is 0 Å². The number of hydrogen-bond acceptors (Lipinski definition) is 2. The van der Waals surface area contributed by atoms with Crippen molar-refractivity contribution in [3.8, 4) is 0 Å². The number of rotatable bonds is 3. The van der Waals surface area contributed by atoms with Gasteiger partial charge in [-0.3, -0.25) is 4.79 Å². The van der Waals surface area contributed by atoms with Crippen molar-refractivity contribution in [2.75, 3.05) is 11.9 Å². The van der Waals surface area contributed by atoms with E-state index < -0.39 is 0 Å². The quantitative estimate of drug-likeness (QED) is 0.779. The second-order valence-corrected chi connectivity index (χ2v) is 4.24. The summed E-state index contributed by atoms with van der Waals surface area (Å²) >= 11 is 5.95. The molecule has 0 heterocycles. The third-order valence-corrected chi connectivity index (χ3v) is 3.04. The number of anilines is 2. The number of aldehydes is 1. The maximum Gasteiger partial charge on any atom is 0.151 e. The van der Waals surface area contributed by atoms with Crippen molar-refractivity contribution in [2.24, 2.45) is 0 Å². The predicted octanol–water partition coefficient (Wildman–Crippen LogP) is 4.06. The summed E-state index contributed by atoms with van der Waals surface area (Å²) in [5, 5.41) is 0.352. The first-order chi connectivity index (χ1) is 8.63. The molecular formula is C14H11ClFNO. The number of carbonyl (C=O) groups excluding carboxylic acids is 1. The first-order valence-electron chi connectivity index (χ1n) is 5.36. The smallest absolute Gasteiger partial charge is 0.151 e. The summed E-state index contributed by atoms with van der Waals surface area (Å²) in [6.45, 7) is 0. The lowest BCUT2D eigenvalue weighted by Crippen LogP contribution is -2.11. The van der Waals surface area contributed by atoms with E-state index in [0.29, 0.717) is 22.6 Å². The van der Waals surface area contributed by atoms with Crippen LogP contribution in [0.15, 0.2) is 42.5 Å². The third kappa shape index (κ3) is 2.36. The molecule has 0 fully saturated rings. The van der Waals surface area contributed by atoms with E-state index in [9.17, 15) is 9.18 Å². The number of carbonyl (C=O) groups is 1. The molecule has 0 saturated carbocycles. The van der Waals surface area contributed by atoms with Gasteiger partial charge in [-0.1, -0.05) is 23.7 Å². The number of hydrogen-bond donors (Lipinski definition) is 0. The molecular weight excluding hydrogens is 253 g/mol. The van der Waals surface area contributed by atoms with Crippen LogP contribution in [0.5, 0.6) is 0 Å². The average Bonchev–Trinajstić information content (AvgIpc) is 2.38. The molecule has 2 aromatic rings. The molecule has 0 spiro atoms. The van der Waals surface area contributed by atoms with E-state index in [1.807, 2.05) is 0 Å². The maximum atomic E-state index is 13.6. The normalized spacial score (nSPS) is 10.2. The van der Waals surface area contributed by atoms with Crippen LogP contribution in [0.3, 0.4) is 0 Å². The molecule has 0 unspecified atom stereocenters. The van der Waals surface area contributed by atoms with Crippen molar-refractivity contribution in [3.63, 3.8) is 0 Å². The van der Waals surface area contributed by atoms with Crippen molar-refractivity contribution < 1.29 is 9.18 Å². The Balaban J connectivity index is 2.40. The summed E-state index contributed by atoms with van der Waals surface area (Å²) in [5.41, 5.74) is 1.59. The second-order valence-electron chi connectivity index (χ2n) is 3.83. The van der Waals surface area contributed by atoms with Gasteiger partial charge in [-0.25, -0.2) is 4.39 Å². The molecule has 0 saturated heterocycles. The molecule has 2 nitrogen and oxygen atoms in total. The highest BCUT2D eigenvalue weighted by atomic mass is 35.5. The van der Waals surface area contributed by atoms with Crippen LogP contribution in [-0.2, 0) is 0 Å². The summed E-state index contributed by atoms with van der Waals surface area (Å²) in [7, 11) is 1.74. The Kier molecular flexibility index (Phi) is 3.63. The number of nitrogens with zero attached hydrogens (tertiary/aromatic N) is 1. The topological polar surface area (TPSA) is 20.3 Å². The molecule has 0 aliphatic carbocycles. The lowest BCUT2D eigenvalue weighted by atomic mass is 10.2. The van der Waals surface area contributed by atoms with Crippen LogP contribution in [0.4, 0.5) is 15.8 Å². The van der Waals surface area contributed by atoms with Crippen LogP contribution < -0.4 is 4.90 Å². The Morgan fingerprint density at radius 2 is 1.94 bits per heavy atom. The minimum atomic E-state index is -0.310. The van der Waals surface area contributed by atoms with Crippen LogP contribution in [0.1, 0.15) is 10.4 Å². The fraction of sp³-hybridized carbons (Fsp3) is 0.0714. The molecule has 92 valence electrons. The van der Waals surface area contributed by atoms with Gasteiger partial charge in [-0.2, -0.15) is 0 Å². The Hall–Kier alpha value is -1.87. The lowest BCUT2D eigenvalue weighted by molar-refractivity contribution is 0.112. The van der Waals surface area contributed by atoms with E-state index in [1.165, 1.54) is 6.07 Å². The van der Waals surface area contributed by atoms with Gasteiger partial charge < -0.3 is 4.90 Å². The molecule has 18 heavy (non-hydrogen) atoms. The van der Waals surface area contributed by atoms with Crippen molar-refractivity contribution in [3.05, 3.63) is 58.9 Å². The highest BCUT2D eigenvalue weighted by Crippen LogP contribution is 2.28. The number of halogens is 2. The molecule has 4 heteroatoms. The van der Waals surface area contributed by atoms with E-state index in [0.717, 1.165) is 5.69 Å². The molecule has 2 rings (SSSR count). The zero-order valence-corrected chi connectivity index (χ0v) is 10.5. The molecule has 0 N–H and O–H groups in total. The Morgan fingerprint density at radius 1 is 1.22 bits per heavy atom. The van der Waals surface area contributed by atoms with Crippen LogP contribution in [-0.4, -0.2) is 13.3 Å². The van der Waals surface area contributed by atoms with E-state index in [1.54, 1.807) is 48.3 Å². The first kappa shape index (κ1) is 12.6. The van der Waals surface area contributed by atoms with E-state index in [4.69, 9.17) is 11.6 Å². The van der Waals surface area contributed by atoms with Gasteiger partial charge in [0.15, 0.2) is 6.29 Å². The zero-order valence-electron chi connectivity index (χ0n) is 9.73.